The van der Waals surface area contributed by atoms with E-state index in [-0.39, 0.29) is 0 Å². The highest BCUT2D eigenvalue weighted by molar-refractivity contribution is 5.73. The Morgan fingerprint density at radius 3 is 2.45 bits per heavy atom. The Bertz CT molecular complexity index is 448. The van der Waals surface area contributed by atoms with E-state index < -0.39 is 0 Å². The van der Waals surface area contributed by atoms with Crippen molar-refractivity contribution in [2.75, 3.05) is 30.4 Å². The van der Waals surface area contributed by atoms with E-state index in [2.05, 4.69) is 25.7 Å². The van der Waals surface area contributed by atoms with Gasteiger partial charge in [-0.15, -0.1) is 0 Å². The molecule has 1 aromatic carbocycles. The molecule has 1 aliphatic rings. The molecule has 4 heteroatoms. The summed E-state index contributed by atoms with van der Waals surface area (Å²) >= 11 is 0. The van der Waals surface area contributed by atoms with Gasteiger partial charge in [0.1, 0.15) is 13.2 Å². The third-order valence-electron chi connectivity index (χ3n) is 3.88. The molecule has 112 valence electrons. The Balaban J connectivity index is 2.31. The zero-order valence-corrected chi connectivity index (χ0v) is 12.8. The molecule has 0 aromatic heterocycles. The molecule has 0 amide bonds. The Hall–Kier alpha value is -1.58. The molecule has 0 spiro atoms. The molecule has 0 fully saturated rings. The van der Waals surface area contributed by atoms with Crippen molar-refractivity contribution in [1.29, 1.82) is 0 Å². The molecule has 1 aliphatic heterocycles. The SMILES string of the molecule is CCCCN(c1cc2c(cc1N)OCCO2)C(C)CC. The zero-order valence-electron chi connectivity index (χ0n) is 12.8. The van der Waals surface area contributed by atoms with Gasteiger partial charge in [0.2, 0.25) is 0 Å². The minimum absolute atomic E-state index is 0.464. The summed E-state index contributed by atoms with van der Waals surface area (Å²) in [4.78, 5) is 2.39. The number of fused-ring (bicyclic) bond motifs is 1. The average Bonchev–Trinajstić information content (AvgIpc) is 2.47. The number of ether oxygens (including phenoxy) is 2. The standard InChI is InChI=1S/C16H26N2O2/c1-4-6-7-18(12(3)5-2)14-11-16-15(10-13(14)17)19-8-9-20-16/h10-12H,4-9,17H2,1-3H3. The van der Waals surface area contributed by atoms with Gasteiger partial charge in [0.25, 0.3) is 0 Å². The van der Waals surface area contributed by atoms with E-state index in [9.17, 15) is 0 Å². The average molecular weight is 278 g/mol. The molecule has 0 bridgehead atoms. The van der Waals surface area contributed by atoms with Gasteiger partial charge in [0.15, 0.2) is 11.5 Å². The number of rotatable bonds is 6. The van der Waals surface area contributed by atoms with Crippen molar-refractivity contribution < 1.29 is 9.47 Å². The molecule has 2 N–H and O–H groups in total. The number of nitrogen functional groups attached to an aromatic ring is 1. The van der Waals surface area contributed by atoms with Crippen LogP contribution < -0.4 is 20.1 Å². The monoisotopic (exact) mass is 278 g/mol. The molecule has 0 saturated carbocycles. The van der Waals surface area contributed by atoms with Crippen molar-refractivity contribution in [3.8, 4) is 11.5 Å². The number of hydrogen-bond acceptors (Lipinski definition) is 4. The van der Waals surface area contributed by atoms with Crippen molar-refractivity contribution in [3.63, 3.8) is 0 Å². The molecule has 0 aliphatic carbocycles. The summed E-state index contributed by atoms with van der Waals surface area (Å²) in [6.07, 6.45) is 3.44. The minimum atomic E-state index is 0.464. The predicted octanol–water partition coefficient (Wildman–Crippen LogP) is 3.45. The molecule has 1 unspecified atom stereocenters. The second-order valence-electron chi connectivity index (χ2n) is 5.36. The van der Waals surface area contributed by atoms with E-state index in [0.29, 0.717) is 19.3 Å². The molecule has 20 heavy (non-hydrogen) atoms. The van der Waals surface area contributed by atoms with Gasteiger partial charge >= 0.3 is 0 Å². The van der Waals surface area contributed by atoms with Crippen molar-refractivity contribution in [2.24, 2.45) is 0 Å². The summed E-state index contributed by atoms with van der Waals surface area (Å²) in [5.41, 5.74) is 8.07. The van der Waals surface area contributed by atoms with Crippen molar-refractivity contribution in [1.82, 2.24) is 0 Å². The first-order valence-electron chi connectivity index (χ1n) is 7.63. The van der Waals surface area contributed by atoms with Gasteiger partial charge in [-0.3, -0.25) is 0 Å². The van der Waals surface area contributed by atoms with Crippen molar-refractivity contribution in [3.05, 3.63) is 12.1 Å². The lowest BCUT2D eigenvalue weighted by Crippen LogP contribution is -2.34. The molecule has 1 atom stereocenters. The second kappa shape index (κ2) is 6.73. The van der Waals surface area contributed by atoms with Crippen LogP contribution in [0.3, 0.4) is 0 Å². The number of nitrogens with zero attached hydrogens (tertiary/aromatic N) is 1. The first-order chi connectivity index (χ1) is 9.67. The van der Waals surface area contributed by atoms with Gasteiger partial charge in [0.05, 0.1) is 11.4 Å². The molecule has 0 radical (unpaired) electrons. The van der Waals surface area contributed by atoms with Crippen LogP contribution in [0.4, 0.5) is 11.4 Å². The largest absolute Gasteiger partial charge is 0.486 e. The predicted molar refractivity (Wildman–Crippen MR) is 83.9 cm³/mol. The van der Waals surface area contributed by atoms with Gasteiger partial charge in [-0.1, -0.05) is 20.3 Å². The van der Waals surface area contributed by atoms with E-state index in [0.717, 1.165) is 42.3 Å². The maximum atomic E-state index is 6.23. The topological polar surface area (TPSA) is 47.7 Å². The van der Waals surface area contributed by atoms with Crippen LogP contribution in [0.25, 0.3) is 0 Å². The minimum Gasteiger partial charge on any atom is -0.486 e. The van der Waals surface area contributed by atoms with Crippen molar-refractivity contribution >= 4 is 11.4 Å². The highest BCUT2D eigenvalue weighted by atomic mass is 16.6. The van der Waals surface area contributed by atoms with Gasteiger partial charge < -0.3 is 20.1 Å². The summed E-state index contributed by atoms with van der Waals surface area (Å²) in [6.45, 7) is 8.88. The fourth-order valence-electron chi connectivity index (χ4n) is 2.47. The van der Waals surface area contributed by atoms with Gasteiger partial charge in [-0.05, 0) is 19.8 Å². The zero-order chi connectivity index (χ0) is 14.5. The van der Waals surface area contributed by atoms with Gasteiger partial charge in [-0.25, -0.2) is 0 Å². The summed E-state index contributed by atoms with van der Waals surface area (Å²) in [5, 5.41) is 0. The van der Waals surface area contributed by atoms with E-state index in [1.165, 1.54) is 6.42 Å². The second-order valence-corrected chi connectivity index (χ2v) is 5.36. The maximum Gasteiger partial charge on any atom is 0.163 e. The maximum absolute atomic E-state index is 6.23. The molecule has 0 saturated heterocycles. The fraction of sp³-hybridized carbons (Fsp3) is 0.625. The first-order valence-corrected chi connectivity index (χ1v) is 7.63. The van der Waals surface area contributed by atoms with Crippen LogP contribution in [-0.4, -0.2) is 25.8 Å². The Morgan fingerprint density at radius 1 is 1.20 bits per heavy atom. The quantitative estimate of drug-likeness (QED) is 0.810. The highest BCUT2D eigenvalue weighted by Gasteiger charge is 2.20. The molecule has 1 heterocycles. The summed E-state index contributed by atoms with van der Waals surface area (Å²) in [6, 6.07) is 4.39. The molecular weight excluding hydrogens is 252 g/mol. The molecule has 1 aromatic rings. The number of nitrogens with two attached hydrogens (primary N) is 1. The smallest absolute Gasteiger partial charge is 0.163 e. The molecule has 2 rings (SSSR count). The van der Waals surface area contributed by atoms with Gasteiger partial charge in [0, 0.05) is 24.7 Å². The third-order valence-corrected chi connectivity index (χ3v) is 3.88. The Morgan fingerprint density at radius 2 is 1.85 bits per heavy atom. The number of unbranched alkanes of at least 4 members (excludes halogenated alkanes) is 1. The lowest BCUT2D eigenvalue weighted by Gasteiger charge is -2.33. The fourth-order valence-corrected chi connectivity index (χ4v) is 2.47. The van der Waals surface area contributed by atoms with E-state index in [4.69, 9.17) is 15.2 Å². The normalized spacial score (nSPS) is 14.9. The van der Waals surface area contributed by atoms with E-state index >= 15 is 0 Å². The van der Waals surface area contributed by atoms with Crippen LogP contribution in [0.5, 0.6) is 11.5 Å². The van der Waals surface area contributed by atoms with Crippen LogP contribution in [0.2, 0.25) is 0 Å². The highest BCUT2D eigenvalue weighted by Crippen LogP contribution is 2.39. The van der Waals surface area contributed by atoms with Crippen LogP contribution in [0, 0.1) is 0 Å². The van der Waals surface area contributed by atoms with Crippen LogP contribution >= 0.6 is 0 Å². The number of anilines is 2. The lowest BCUT2D eigenvalue weighted by molar-refractivity contribution is 0.172. The van der Waals surface area contributed by atoms with Crippen LogP contribution in [0.1, 0.15) is 40.0 Å². The lowest BCUT2D eigenvalue weighted by atomic mass is 10.1. The Labute approximate surface area is 121 Å². The van der Waals surface area contributed by atoms with Crippen molar-refractivity contribution in [2.45, 2.75) is 46.1 Å². The summed E-state index contributed by atoms with van der Waals surface area (Å²) < 4.78 is 11.3. The summed E-state index contributed by atoms with van der Waals surface area (Å²) in [5.74, 6) is 1.57. The third kappa shape index (κ3) is 3.11. The Kier molecular flexibility index (Phi) is 4.99. The van der Waals surface area contributed by atoms with E-state index in [1.807, 2.05) is 12.1 Å². The summed E-state index contributed by atoms with van der Waals surface area (Å²) in [7, 11) is 0. The van der Waals surface area contributed by atoms with Crippen LogP contribution in [0.15, 0.2) is 12.1 Å². The van der Waals surface area contributed by atoms with Crippen LogP contribution in [-0.2, 0) is 0 Å². The first kappa shape index (κ1) is 14.8. The van der Waals surface area contributed by atoms with E-state index in [1.54, 1.807) is 0 Å². The molecule has 4 nitrogen and oxygen atoms in total. The number of benzene rings is 1. The van der Waals surface area contributed by atoms with Gasteiger partial charge in [-0.2, -0.15) is 0 Å². The molecular formula is C16H26N2O2. The number of hydrogen-bond donors (Lipinski definition) is 1.